The minimum Gasteiger partial charge on any atom is -0.371 e. The van der Waals surface area contributed by atoms with Crippen LogP contribution in [0.1, 0.15) is 48.8 Å². The first-order valence-electron chi connectivity index (χ1n) is 11.0. The molecule has 1 saturated heterocycles. The SMILES string of the molecule is O=C(CCN1CCCc2ccccc21)N1CCn2c(nnc2C2CCCNC2)C1. The summed E-state index contributed by atoms with van der Waals surface area (Å²) >= 11 is 0. The maximum absolute atomic E-state index is 12.9. The van der Waals surface area contributed by atoms with E-state index in [0.29, 0.717) is 18.9 Å². The summed E-state index contributed by atoms with van der Waals surface area (Å²) in [6, 6.07) is 8.59. The van der Waals surface area contributed by atoms with Crippen molar-refractivity contribution in [2.24, 2.45) is 0 Å². The van der Waals surface area contributed by atoms with Crippen molar-refractivity contribution in [2.45, 2.75) is 51.1 Å². The molecule has 0 bridgehead atoms. The fourth-order valence-corrected chi connectivity index (χ4v) is 5.00. The molecule has 1 atom stereocenters. The molecule has 1 fully saturated rings. The molecule has 3 aliphatic rings. The predicted octanol–water partition coefficient (Wildman–Crippen LogP) is 1.93. The van der Waals surface area contributed by atoms with Gasteiger partial charge in [0.2, 0.25) is 5.91 Å². The maximum Gasteiger partial charge on any atom is 0.224 e. The van der Waals surface area contributed by atoms with E-state index in [9.17, 15) is 4.79 Å². The first-order valence-corrected chi connectivity index (χ1v) is 11.0. The average molecular weight is 395 g/mol. The lowest BCUT2D eigenvalue weighted by molar-refractivity contribution is -0.132. The minimum absolute atomic E-state index is 0.225. The van der Waals surface area contributed by atoms with E-state index in [4.69, 9.17) is 0 Å². The largest absolute Gasteiger partial charge is 0.371 e. The van der Waals surface area contributed by atoms with Gasteiger partial charge in [0, 0.05) is 50.7 Å². The number of hydrogen-bond donors (Lipinski definition) is 1. The van der Waals surface area contributed by atoms with Gasteiger partial charge in [-0.15, -0.1) is 10.2 Å². The van der Waals surface area contributed by atoms with Crippen LogP contribution in [-0.4, -0.2) is 58.3 Å². The van der Waals surface area contributed by atoms with Crippen LogP contribution >= 0.6 is 0 Å². The van der Waals surface area contributed by atoms with E-state index in [0.717, 1.165) is 63.8 Å². The number of rotatable bonds is 4. The zero-order valence-electron chi connectivity index (χ0n) is 17.0. The summed E-state index contributed by atoms with van der Waals surface area (Å²) in [5, 5.41) is 12.4. The number of nitrogens with one attached hydrogen (secondary N) is 1. The van der Waals surface area contributed by atoms with Crippen molar-refractivity contribution in [3.8, 4) is 0 Å². The van der Waals surface area contributed by atoms with Crippen LogP contribution in [0.15, 0.2) is 24.3 Å². The molecule has 29 heavy (non-hydrogen) atoms. The monoisotopic (exact) mass is 394 g/mol. The molecule has 1 aromatic heterocycles. The van der Waals surface area contributed by atoms with Gasteiger partial charge in [0.25, 0.3) is 0 Å². The van der Waals surface area contributed by atoms with E-state index in [-0.39, 0.29) is 5.91 Å². The first kappa shape index (κ1) is 18.6. The highest BCUT2D eigenvalue weighted by Crippen LogP contribution is 2.27. The zero-order valence-corrected chi connectivity index (χ0v) is 17.0. The Bertz CT molecular complexity index is 872. The Balaban J connectivity index is 1.20. The van der Waals surface area contributed by atoms with Crippen molar-refractivity contribution in [2.75, 3.05) is 37.6 Å². The first-order chi connectivity index (χ1) is 14.3. The highest BCUT2D eigenvalue weighted by molar-refractivity contribution is 5.77. The van der Waals surface area contributed by atoms with E-state index < -0.39 is 0 Å². The Kier molecular flexibility index (Phi) is 5.23. The summed E-state index contributed by atoms with van der Waals surface area (Å²) in [6.45, 7) is 6.07. The number of anilines is 1. The molecule has 1 unspecified atom stereocenters. The molecular formula is C22H30N6O. The molecule has 1 N–H and O–H groups in total. The number of nitrogens with zero attached hydrogens (tertiary/aromatic N) is 5. The van der Waals surface area contributed by atoms with Crippen molar-refractivity contribution in [3.63, 3.8) is 0 Å². The quantitative estimate of drug-likeness (QED) is 0.858. The van der Waals surface area contributed by atoms with Crippen LogP contribution in [0.5, 0.6) is 0 Å². The lowest BCUT2D eigenvalue weighted by atomic mass is 9.99. The Labute approximate surface area is 172 Å². The number of benzene rings is 1. The number of hydrogen-bond acceptors (Lipinski definition) is 5. The molecule has 0 saturated carbocycles. The third kappa shape index (κ3) is 3.75. The van der Waals surface area contributed by atoms with Crippen LogP contribution in [0.3, 0.4) is 0 Å². The Morgan fingerprint density at radius 1 is 1.14 bits per heavy atom. The fourth-order valence-electron chi connectivity index (χ4n) is 5.00. The fraction of sp³-hybridized carbons (Fsp3) is 0.591. The van der Waals surface area contributed by atoms with E-state index in [1.165, 1.54) is 24.1 Å². The third-order valence-corrected chi connectivity index (χ3v) is 6.60. The van der Waals surface area contributed by atoms with Crippen molar-refractivity contribution < 1.29 is 4.79 Å². The number of fused-ring (bicyclic) bond motifs is 2. The molecule has 7 heteroatoms. The van der Waals surface area contributed by atoms with Crippen LogP contribution in [0.2, 0.25) is 0 Å². The molecule has 3 aliphatic heterocycles. The molecule has 7 nitrogen and oxygen atoms in total. The number of amides is 1. The van der Waals surface area contributed by atoms with Gasteiger partial charge in [0.15, 0.2) is 5.82 Å². The standard InChI is InChI=1S/C22H30N6O/c29-21(9-12-26-11-4-7-17-5-1-2-8-19(17)26)27-13-14-28-20(16-27)24-25-22(28)18-6-3-10-23-15-18/h1-2,5,8,18,23H,3-4,6-7,9-16H2. The summed E-state index contributed by atoms with van der Waals surface area (Å²) in [5.41, 5.74) is 2.71. The summed E-state index contributed by atoms with van der Waals surface area (Å²) in [4.78, 5) is 17.2. The molecule has 0 aliphatic carbocycles. The number of aryl methyl sites for hydroxylation is 1. The summed E-state index contributed by atoms with van der Waals surface area (Å²) in [6.07, 6.45) is 5.22. The number of para-hydroxylation sites is 1. The van der Waals surface area contributed by atoms with Gasteiger partial charge >= 0.3 is 0 Å². The van der Waals surface area contributed by atoms with E-state index in [1.807, 2.05) is 4.90 Å². The average Bonchev–Trinajstić information content (AvgIpc) is 3.21. The normalized spacial score (nSPS) is 21.6. The highest BCUT2D eigenvalue weighted by Gasteiger charge is 2.28. The Hall–Kier alpha value is -2.41. The second-order valence-electron chi connectivity index (χ2n) is 8.45. The van der Waals surface area contributed by atoms with Gasteiger partial charge in [-0.1, -0.05) is 18.2 Å². The van der Waals surface area contributed by atoms with Crippen molar-refractivity contribution in [1.82, 2.24) is 25.0 Å². The second-order valence-corrected chi connectivity index (χ2v) is 8.45. The number of carbonyl (C=O) groups is 1. The van der Waals surface area contributed by atoms with Crippen LogP contribution in [0, 0.1) is 0 Å². The smallest absolute Gasteiger partial charge is 0.224 e. The number of piperidine rings is 1. The van der Waals surface area contributed by atoms with E-state index in [1.54, 1.807) is 0 Å². The minimum atomic E-state index is 0.225. The van der Waals surface area contributed by atoms with Crippen LogP contribution in [0.25, 0.3) is 0 Å². The molecule has 0 radical (unpaired) electrons. The van der Waals surface area contributed by atoms with Gasteiger partial charge in [-0.05, 0) is 43.9 Å². The van der Waals surface area contributed by atoms with Gasteiger partial charge in [-0.3, -0.25) is 4.79 Å². The summed E-state index contributed by atoms with van der Waals surface area (Å²) in [7, 11) is 0. The summed E-state index contributed by atoms with van der Waals surface area (Å²) < 4.78 is 2.25. The molecule has 0 spiro atoms. The van der Waals surface area contributed by atoms with Gasteiger partial charge in [-0.2, -0.15) is 0 Å². The lowest BCUT2D eigenvalue weighted by Crippen LogP contribution is -2.41. The van der Waals surface area contributed by atoms with Gasteiger partial charge in [0.1, 0.15) is 5.82 Å². The Morgan fingerprint density at radius 2 is 2.07 bits per heavy atom. The van der Waals surface area contributed by atoms with Crippen molar-refractivity contribution in [1.29, 1.82) is 0 Å². The predicted molar refractivity (Wildman–Crippen MR) is 112 cm³/mol. The molecule has 1 aromatic carbocycles. The van der Waals surface area contributed by atoms with E-state index in [2.05, 4.69) is 49.2 Å². The lowest BCUT2D eigenvalue weighted by Gasteiger charge is -2.33. The molecule has 4 heterocycles. The van der Waals surface area contributed by atoms with Gasteiger partial charge in [0.05, 0.1) is 6.54 Å². The topological polar surface area (TPSA) is 66.3 Å². The van der Waals surface area contributed by atoms with Crippen LogP contribution in [0.4, 0.5) is 5.69 Å². The van der Waals surface area contributed by atoms with E-state index >= 15 is 0 Å². The highest BCUT2D eigenvalue weighted by atomic mass is 16.2. The summed E-state index contributed by atoms with van der Waals surface area (Å²) in [5.74, 6) is 2.72. The van der Waals surface area contributed by atoms with Crippen molar-refractivity contribution >= 4 is 11.6 Å². The second kappa shape index (κ2) is 8.14. The molecule has 2 aromatic rings. The third-order valence-electron chi connectivity index (χ3n) is 6.60. The van der Waals surface area contributed by atoms with Crippen LogP contribution in [-0.2, 0) is 24.3 Å². The van der Waals surface area contributed by atoms with Gasteiger partial charge < -0.3 is 19.7 Å². The molecule has 1 amide bonds. The van der Waals surface area contributed by atoms with Crippen molar-refractivity contribution in [3.05, 3.63) is 41.5 Å². The maximum atomic E-state index is 12.9. The molecule has 5 rings (SSSR count). The number of aromatic nitrogens is 3. The zero-order chi connectivity index (χ0) is 19.6. The number of carbonyl (C=O) groups excluding carboxylic acids is 1. The molecular weight excluding hydrogens is 364 g/mol. The Morgan fingerprint density at radius 3 is 2.97 bits per heavy atom. The molecule has 154 valence electrons. The van der Waals surface area contributed by atoms with Gasteiger partial charge in [-0.25, -0.2) is 0 Å². The van der Waals surface area contributed by atoms with Crippen LogP contribution < -0.4 is 10.2 Å².